The fourth-order valence-electron chi connectivity index (χ4n) is 1.07. The zero-order chi connectivity index (χ0) is 5.98. The van der Waals surface area contributed by atoms with Crippen LogP contribution >= 0.6 is 0 Å². The summed E-state index contributed by atoms with van der Waals surface area (Å²) in [5.74, 6) is 0. The summed E-state index contributed by atoms with van der Waals surface area (Å²) >= 11 is 0. The minimum Gasteiger partial charge on any atom is -0.0407 e. The second-order valence-electron chi connectivity index (χ2n) is 2.49. The molecular weight excluding hydrogens is 102 g/mol. The van der Waals surface area contributed by atoms with E-state index in [1.807, 2.05) is 6.92 Å². The van der Waals surface area contributed by atoms with Crippen LogP contribution in [-0.4, -0.2) is 17.3 Å². The van der Waals surface area contributed by atoms with Gasteiger partial charge in [-0.1, -0.05) is 0 Å². The number of hydrogen-bond acceptors (Lipinski definition) is 1. The Bertz CT molecular complexity index is 101. The average molecular weight is 114 g/mol. The lowest BCUT2D eigenvalue weighted by Crippen LogP contribution is -2.26. The van der Waals surface area contributed by atoms with Crippen molar-refractivity contribution in [2.24, 2.45) is 0 Å². The lowest BCUT2D eigenvalue weighted by molar-refractivity contribution is -0.591. The predicted octanol–water partition coefficient (Wildman–Crippen LogP) is 1.34. The monoisotopic (exact) mass is 114 g/mol. The summed E-state index contributed by atoms with van der Waals surface area (Å²) in [4.78, 5) is 10.7. The van der Waals surface area contributed by atoms with Crippen molar-refractivity contribution in [1.29, 1.82) is 0 Å². The number of rotatable bonds is 0. The van der Waals surface area contributed by atoms with Gasteiger partial charge in [0, 0.05) is 29.4 Å². The van der Waals surface area contributed by atoms with Crippen LogP contribution in [0, 0.1) is 4.91 Å². The molecule has 0 N–H and O–H groups in total. The Morgan fingerprint density at radius 1 is 1.50 bits per heavy atom. The Labute approximate surface area is 49.5 Å². The SMILES string of the molecule is C[C@@H]1CCCC[N+]1=O. The molecule has 8 heavy (non-hydrogen) atoms. The molecule has 0 radical (unpaired) electrons. The second kappa shape index (κ2) is 2.25. The molecule has 0 unspecified atom stereocenters. The first-order valence-electron chi connectivity index (χ1n) is 3.24. The molecule has 1 saturated heterocycles. The molecule has 0 amide bonds. The van der Waals surface area contributed by atoms with E-state index in [2.05, 4.69) is 0 Å². The van der Waals surface area contributed by atoms with Crippen LogP contribution in [0.2, 0.25) is 0 Å². The maximum Gasteiger partial charge on any atom is 0.198 e. The van der Waals surface area contributed by atoms with E-state index in [1.54, 1.807) is 0 Å². The predicted molar refractivity (Wildman–Crippen MR) is 31.8 cm³/mol. The first-order chi connectivity index (χ1) is 3.80. The van der Waals surface area contributed by atoms with E-state index in [0.29, 0.717) is 0 Å². The molecule has 0 spiro atoms. The van der Waals surface area contributed by atoms with Gasteiger partial charge in [0.2, 0.25) is 0 Å². The van der Waals surface area contributed by atoms with Crippen molar-refractivity contribution in [2.75, 3.05) is 6.54 Å². The largest absolute Gasteiger partial charge is 0.198 e. The van der Waals surface area contributed by atoms with Crippen LogP contribution in [0.4, 0.5) is 0 Å². The lowest BCUT2D eigenvalue weighted by atomic mass is 10.1. The van der Waals surface area contributed by atoms with Gasteiger partial charge in [0.05, 0.1) is 0 Å². The van der Waals surface area contributed by atoms with Crippen molar-refractivity contribution >= 4 is 0 Å². The third-order valence-electron chi connectivity index (χ3n) is 1.74. The van der Waals surface area contributed by atoms with Gasteiger partial charge in [0.25, 0.3) is 0 Å². The van der Waals surface area contributed by atoms with Gasteiger partial charge in [-0.3, -0.25) is 0 Å². The number of nitroso groups, excluding NO2 is 1. The minimum absolute atomic E-state index is 0.281. The summed E-state index contributed by atoms with van der Waals surface area (Å²) in [5, 5.41) is 0. The Hall–Kier alpha value is -0.400. The quantitative estimate of drug-likeness (QED) is 0.435. The summed E-state index contributed by atoms with van der Waals surface area (Å²) in [6.07, 6.45) is 3.41. The third kappa shape index (κ3) is 1.05. The summed E-state index contributed by atoms with van der Waals surface area (Å²) in [5.41, 5.74) is 0. The zero-order valence-corrected chi connectivity index (χ0v) is 5.26. The number of nitrogens with zero attached hydrogens (tertiary/aromatic N) is 1. The molecule has 0 aromatic heterocycles. The smallest absolute Gasteiger partial charge is 0.0407 e. The van der Waals surface area contributed by atoms with Gasteiger partial charge in [-0.2, -0.15) is 0 Å². The summed E-state index contributed by atoms with van der Waals surface area (Å²) < 4.78 is 1.18. The summed E-state index contributed by atoms with van der Waals surface area (Å²) in [6, 6.07) is 0.281. The van der Waals surface area contributed by atoms with Crippen LogP contribution in [0.5, 0.6) is 0 Å². The van der Waals surface area contributed by atoms with Crippen LogP contribution in [0.1, 0.15) is 26.2 Å². The highest BCUT2D eigenvalue weighted by atomic mass is 16.3. The summed E-state index contributed by atoms with van der Waals surface area (Å²) in [7, 11) is 0. The summed E-state index contributed by atoms with van der Waals surface area (Å²) in [6.45, 7) is 2.74. The standard InChI is InChI=1S/C6H12NO/c1-6-4-2-3-5-7(6)8/h6H,2-5H2,1H3/q+1/t6-/m1/s1. The molecule has 1 aliphatic heterocycles. The molecule has 2 nitrogen and oxygen atoms in total. The van der Waals surface area contributed by atoms with Gasteiger partial charge in [0.15, 0.2) is 12.6 Å². The van der Waals surface area contributed by atoms with E-state index in [9.17, 15) is 4.91 Å². The van der Waals surface area contributed by atoms with E-state index < -0.39 is 0 Å². The molecule has 2 heteroatoms. The molecular formula is C6H12NO+. The third-order valence-corrected chi connectivity index (χ3v) is 1.74. The molecule has 1 atom stereocenters. The molecule has 1 rings (SSSR count). The Morgan fingerprint density at radius 3 is 2.62 bits per heavy atom. The molecule has 46 valence electrons. The Morgan fingerprint density at radius 2 is 2.25 bits per heavy atom. The van der Waals surface area contributed by atoms with Crippen LogP contribution in [-0.2, 0) is 0 Å². The molecule has 1 fully saturated rings. The second-order valence-corrected chi connectivity index (χ2v) is 2.49. The molecule has 0 aliphatic carbocycles. The molecule has 0 saturated carbocycles. The highest BCUT2D eigenvalue weighted by Gasteiger charge is 2.22. The van der Waals surface area contributed by atoms with Crippen LogP contribution in [0.3, 0.4) is 0 Å². The van der Waals surface area contributed by atoms with Gasteiger partial charge >= 0.3 is 0 Å². The van der Waals surface area contributed by atoms with E-state index >= 15 is 0 Å². The van der Waals surface area contributed by atoms with Gasteiger partial charge in [0.1, 0.15) is 0 Å². The van der Waals surface area contributed by atoms with Crippen molar-refractivity contribution in [3.8, 4) is 0 Å². The van der Waals surface area contributed by atoms with Gasteiger partial charge in [-0.05, 0) is 6.42 Å². The van der Waals surface area contributed by atoms with E-state index in [0.717, 1.165) is 19.4 Å². The number of piperidine rings is 1. The average Bonchev–Trinajstić information content (AvgIpc) is 1.77. The first kappa shape index (κ1) is 5.73. The van der Waals surface area contributed by atoms with E-state index in [1.165, 1.54) is 11.2 Å². The van der Waals surface area contributed by atoms with Gasteiger partial charge < -0.3 is 0 Å². The molecule has 1 heterocycles. The van der Waals surface area contributed by atoms with Gasteiger partial charge in [-0.15, -0.1) is 0 Å². The highest BCUT2D eigenvalue weighted by molar-refractivity contribution is 4.53. The maximum absolute atomic E-state index is 10.7. The topological polar surface area (TPSA) is 20.1 Å². The Balaban J connectivity index is 2.39. The number of hydrogen-bond donors (Lipinski definition) is 0. The first-order valence-corrected chi connectivity index (χ1v) is 3.24. The Kier molecular flexibility index (Phi) is 1.61. The fourth-order valence-corrected chi connectivity index (χ4v) is 1.07. The zero-order valence-electron chi connectivity index (χ0n) is 5.26. The molecule has 0 aromatic rings. The van der Waals surface area contributed by atoms with Crippen molar-refractivity contribution in [1.82, 2.24) is 0 Å². The van der Waals surface area contributed by atoms with Gasteiger partial charge in [-0.25, -0.2) is 0 Å². The molecule has 1 aliphatic rings. The highest BCUT2D eigenvalue weighted by Crippen LogP contribution is 2.10. The van der Waals surface area contributed by atoms with Crippen LogP contribution < -0.4 is 0 Å². The van der Waals surface area contributed by atoms with Crippen molar-refractivity contribution in [3.05, 3.63) is 4.91 Å². The van der Waals surface area contributed by atoms with E-state index in [-0.39, 0.29) is 6.04 Å². The van der Waals surface area contributed by atoms with Crippen molar-refractivity contribution in [3.63, 3.8) is 0 Å². The van der Waals surface area contributed by atoms with Crippen LogP contribution in [0.15, 0.2) is 0 Å². The van der Waals surface area contributed by atoms with Crippen molar-refractivity contribution in [2.45, 2.75) is 32.2 Å². The van der Waals surface area contributed by atoms with E-state index in [4.69, 9.17) is 0 Å². The van der Waals surface area contributed by atoms with Crippen LogP contribution in [0.25, 0.3) is 0 Å². The normalized spacial score (nSPS) is 30.6. The minimum atomic E-state index is 0.281. The van der Waals surface area contributed by atoms with Crippen molar-refractivity contribution < 1.29 is 4.76 Å². The maximum atomic E-state index is 10.7. The molecule has 0 aromatic carbocycles. The molecule has 0 bridgehead atoms. The fraction of sp³-hybridized carbons (Fsp3) is 1.00. The lowest BCUT2D eigenvalue weighted by Gasteiger charge is -2.07.